The van der Waals surface area contributed by atoms with Crippen molar-refractivity contribution in [3.63, 3.8) is 0 Å². The van der Waals surface area contributed by atoms with Gasteiger partial charge in [-0.15, -0.1) is 0 Å². The molecule has 1 aliphatic rings. The Balaban J connectivity index is 2.29. The molecule has 0 unspecified atom stereocenters. The van der Waals surface area contributed by atoms with Gasteiger partial charge >= 0.3 is 5.97 Å². The molecule has 0 radical (unpaired) electrons. The molecule has 6 nitrogen and oxygen atoms in total. The van der Waals surface area contributed by atoms with Gasteiger partial charge in [0.05, 0.1) is 11.6 Å². The van der Waals surface area contributed by atoms with Crippen molar-refractivity contribution >= 4 is 21.7 Å². The van der Waals surface area contributed by atoms with Crippen molar-refractivity contribution in [3.05, 3.63) is 24.3 Å². The maximum Gasteiger partial charge on any atom is 0.306 e. The number of hydrogen-bond acceptors (Lipinski definition) is 4. The van der Waals surface area contributed by atoms with Crippen LogP contribution in [0.3, 0.4) is 0 Å². The lowest BCUT2D eigenvalue weighted by atomic mass is 9.97. The Kier molecular flexibility index (Phi) is 4.53. The first-order chi connectivity index (χ1) is 9.84. The van der Waals surface area contributed by atoms with Gasteiger partial charge < -0.3 is 10.0 Å². The lowest BCUT2D eigenvalue weighted by molar-refractivity contribution is -0.142. The second kappa shape index (κ2) is 6.03. The zero-order valence-electron chi connectivity index (χ0n) is 12.2. The molecule has 0 atom stereocenters. The summed E-state index contributed by atoms with van der Waals surface area (Å²) in [4.78, 5) is 13.2. The van der Waals surface area contributed by atoms with E-state index in [1.807, 2.05) is 4.90 Å². The zero-order chi connectivity index (χ0) is 15.6. The molecule has 2 rings (SSSR count). The molecule has 0 spiro atoms. The maximum atomic E-state index is 12.4. The van der Waals surface area contributed by atoms with Gasteiger partial charge in [-0.1, -0.05) is 12.1 Å². The number of nitrogens with zero attached hydrogens (tertiary/aromatic N) is 2. The summed E-state index contributed by atoms with van der Waals surface area (Å²) < 4.78 is 25.9. The summed E-state index contributed by atoms with van der Waals surface area (Å²) in [7, 11) is -0.506. The number of benzene rings is 1. The van der Waals surface area contributed by atoms with Gasteiger partial charge in [-0.05, 0) is 25.0 Å². The molecule has 0 amide bonds. The topological polar surface area (TPSA) is 77.9 Å². The molecule has 1 saturated heterocycles. The van der Waals surface area contributed by atoms with Crippen LogP contribution in [0.2, 0.25) is 0 Å². The van der Waals surface area contributed by atoms with E-state index in [0.29, 0.717) is 31.6 Å². The molecule has 0 bridgehead atoms. The summed E-state index contributed by atoms with van der Waals surface area (Å²) in [6.07, 6.45) is 1.07. The van der Waals surface area contributed by atoms with Crippen LogP contribution in [0.5, 0.6) is 0 Å². The summed E-state index contributed by atoms with van der Waals surface area (Å²) >= 11 is 0. The summed E-state index contributed by atoms with van der Waals surface area (Å²) in [5, 5.41) is 9.03. The number of aliphatic carboxylic acids is 1. The highest BCUT2D eigenvalue weighted by molar-refractivity contribution is 7.89. The maximum absolute atomic E-state index is 12.4. The standard InChI is InChI=1S/C14H20N2O4S/c1-15(2)21(19,20)13-6-4-3-5-12(13)16-9-7-11(8-10-16)14(17)18/h3-6,11H,7-10H2,1-2H3,(H,17,18). The van der Waals surface area contributed by atoms with Gasteiger partial charge in [0, 0.05) is 27.2 Å². The Morgan fingerprint density at radius 1 is 1.24 bits per heavy atom. The van der Waals surface area contributed by atoms with Gasteiger partial charge in [0.15, 0.2) is 0 Å². The first-order valence-corrected chi connectivity index (χ1v) is 8.27. The van der Waals surface area contributed by atoms with E-state index in [2.05, 4.69) is 0 Å². The number of rotatable bonds is 4. The first kappa shape index (κ1) is 15.8. The Bertz CT molecular complexity index is 620. The molecule has 0 aliphatic carbocycles. The lowest BCUT2D eigenvalue weighted by Gasteiger charge is -2.33. The van der Waals surface area contributed by atoms with Crippen molar-refractivity contribution in [3.8, 4) is 0 Å². The van der Waals surface area contributed by atoms with Gasteiger partial charge in [0.1, 0.15) is 4.90 Å². The first-order valence-electron chi connectivity index (χ1n) is 6.83. The van der Waals surface area contributed by atoms with Crippen LogP contribution in [-0.2, 0) is 14.8 Å². The molecule has 0 saturated carbocycles. The summed E-state index contributed by atoms with van der Waals surface area (Å²) in [5.41, 5.74) is 0.648. The average Bonchev–Trinajstić information content (AvgIpc) is 2.47. The van der Waals surface area contributed by atoms with E-state index >= 15 is 0 Å². The van der Waals surface area contributed by atoms with E-state index in [1.54, 1.807) is 24.3 Å². The number of carboxylic acid groups (broad SMARTS) is 1. The van der Waals surface area contributed by atoms with Crippen LogP contribution >= 0.6 is 0 Å². The normalized spacial score (nSPS) is 17.2. The Morgan fingerprint density at radius 2 is 1.81 bits per heavy atom. The number of para-hydroxylation sites is 1. The molecular weight excluding hydrogens is 292 g/mol. The van der Waals surface area contributed by atoms with Crippen LogP contribution in [0.25, 0.3) is 0 Å². The van der Waals surface area contributed by atoms with Crippen molar-refractivity contribution < 1.29 is 18.3 Å². The van der Waals surface area contributed by atoms with Crippen LogP contribution in [0, 0.1) is 5.92 Å². The van der Waals surface area contributed by atoms with Crippen molar-refractivity contribution in [1.29, 1.82) is 0 Å². The van der Waals surface area contributed by atoms with Gasteiger partial charge in [0.2, 0.25) is 10.0 Å². The molecule has 1 aromatic carbocycles. The number of carbonyl (C=O) groups is 1. The zero-order valence-corrected chi connectivity index (χ0v) is 13.0. The third-order valence-corrected chi connectivity index (χ3v) is 5.67. The number of carboxylic acids is 1. The van der Waals surface area contributed by atoms with E-state index in [1.165, 1.54) is 18.4 Å². The van der Waals surface area contributed by atoms with E-state index in [4.69, 9.17) is 5.11 Å². The molecule has 1 aliphatic heterocycles. The fourth-order valence-corrected chi connectivity index (χ4v) is 3.61. The number of piperidine rings is 1. The van der Waals surface area contributed by atoms with E-state index in [9.17, 15) is 13.2 Å². The third kappa shape index (κ3) is 3.19. The average molecular weight is 312 g/mol. The quantitative estimate of drug-likeness (QED) is 0.905. The molecule has 1 N–H and O–H groups in total. The molecule has 7 heteroatoms. The number of hydrogen-bond donors (Lipinski definition) is 1. The fourth-order valence-electron chi connectivity index (χ4n) is 2.50. The van der Waals surface area contributed by atoms with Crippen LogP contribution in [0.1, 0.15) is 12.8 Å². The van der Waals surface area contributed by atoms with Crippen molar-refractivity contribution in [2.45, 2.75) is 17.7 Å². The monoisotopic (exact) mass is 312 g/mol. The van der Waals surface area contributed by atoms with Gasteiger partial charge in [-0.3, -0.25) is 4.79 Å². The predicted octanol–water partition coefficient (Wildman–Crippen LogP) is 1.24. The highest BCUT2D eigenvalue weighted by atomic mass is 32.2. The lowest BCUT2D eigenvalue weighted by Crippen LogP contribution is -2.37. The van der Waals surface area contributed by atoms with E-state index in [0.717, 1.165) is 0 Å². The highest BCUT2D eigenvalue weighted by Gasteiger charge is 2.28. The molecule has 21 heavy (non-hydrogen) atoms. The highest BCUT2D eigenvalue weighted by Crippen LogP contribution is 2.30. The molecule has 0 aromatic heterocycles. The smallest absolute Gasteiger partial charge is 0.306 e. The minimum Gasteiger partial charge on any atom is -0.481 e. The van der Waals surface area contributed by atoms with Gasteiger partial charge in [-0.2, -0.15) is 0 Å². The molecule has 1 fully saturated rings. The van der Waals surface area contributed by atoms with Crippen molar-refractivity contribution in [2.24, 2.45) is 5.92 Å². The van der Waals surface area contributed by atoms with Crippen LogP contribution in [0.15, 0.2) is 29.2 Å². The van der Waals surface area contributed by atoms with Crippen LogP contribution in [-0.4, -0.2) is 51.0 Å². The largest absolute Gasteiger partial charge is 0.481 e. The Labute approximate surface area is 125 Å². The number of sulfonamides is 1. The number of anilines is 1. The van der Waals surface area contributed by atoms with Crippen molar-refractivity contribution in [2.75, 3.05) is 32.1 Å². The van der Waals surface area contributed by atoms with Crippen LogP contribution < -0.4 is 4.90 Å². The SMILES string of the molecule is CN(C)S(=O)(=O)c1ccccc1N1CCC(C(=O)O)CC1. The van der Waals surface area contributed by atoms with Crippen molar-refractivity contribution in [1.82, 2.24) is 4.31 Å². The van der Waals surface area contributed by atoms with E-state index < -0.39 is 16.0 Å². The van der Waals surface area contributed by atoms with Crippen LogP contribution in [0.4, 0.5) is 5.69 Å². The predicted molar refractivity (Wildman–Crippen MR) is 79.9 cm³/mol. The Hall–Kier alpha value is -1.60. The minimum absolute atomic E-state index is 0.267. The molecule has 1 heterocycles. The van der Waals surface area contributed by atoms with E-state index in [-0.39, 0.29) is 10.8 Å². The molecule has 116 valence electrons. The second-order valence-electron chi connectivity index (χ2n) is 5.35. The van der Waals surface area contributed by atoms with Gasteiger partial charge in [-0.25, -0.2) is 12.7 Å². The molecule has 1 aromatic rings. The minimum atomic E-state index is -3.51. The summed E-state index contributed by atoms with van der Waals surface area (Å²) in [6.45, 7) is 1.11. The fraction of sp³-hybridized carbons (Fsp3) is 0.500. The Morgan fingerprint density at radius 3 is 2.33 bits per heavy atom. The molecular formula is C14H20N2O4S. The second-order valence-corrected chi connectivity index (χ2v) is 7.47. The third-order valence-electron chi connectivity index (χ3n) is 3.81. The summed E-state index contributed by atoms with van der Waals surface area (Å²) in [6, 6.07) is 6.86. The van der Waals surface area contributed by atoms with Gasteiger partial charge in [0.25, 0.3) is 0 Å². The summed E-state index contributed by atoms with van der Waals surface area (Å²) in [5.74, 6) is -1.11.